The van der Waals surface area contributed by atoms with Crippen molar-refractivity contribution >= 4 is 11.8 Å². The second-order valence-corrected chi connectivity index (χ2v) is 7.14. The summed E-state index contributed by atoms with van der Waals surface area (Å²) in [6.45, 7) is 10.3. The van der Waals surface area contributed by atoms with Crippen molar-refractivity contribution in [2.45, 2.75) is 58.7 Å². The number of nitrogens with one attached hydrogen (secondary N) is 3. The molecule has 0 aliphatic carbocycles. The quantitative estimate of drug-likeness (QED) is 0.705. The van der Waals surface area contributed by atoms with Crippen molar-refractivity contribution in [3.63, 3.8) is 0 Å². The van der Waals surface area contributed by atoms with E-state index in [1.807, 2.05) is 27.7 Å². The molecular formula is C18H29N3O2. The minimum absolute atomic E-state index is 0.0805. The van der Waals surface area contributed by atoms with Crippen molar-refractivity contribution in [2.75, 3.05) is 18.4 Å². The van der Waals surface area contributed by atoms with Crippen LogP contribution in [0.25, 0.3) is 0 Å². The molecule has 1 atom stereocenters. The van der Waals surface area contributed by atoms with E-state index >= 15 is 0 Å². The Morgan fingerprint density at radius 3 is 2.91 bits per heavy atom. The molecule has 0 radical (unpaired) electrons. The second-order valence-electron chi connectivity index (χ2n) is 7.14. The average molecular weight is 319 g/mol. The van der Waals surface area contributed by atoms with Crippen molar-refractivity contribution in [2.24, 2.45) is 0 Å². The van der Waals surface area contributed by atoms with Crippen LogP contribution in [0.4, 0.5) is 10.5 Å². The first kappa shape index (κ1) is 17.6. The molecule has 0 fully saturated rings. The van der Waals surface area contributed by atoms with Crippen LogP contribution < -0.4 is 16.0 Å². The lowest BCUT2D eigenvalue weighted by atomic mass is 10.1. The van der Waals surface area contributed by atoms with Crippen molar-refractivity contribution in [1.82, 2.24) is 10.6 Å². The number of carbonyl (C=O) groups excluding carboxylic acids is 1. The number of rotatable bonds is 6. The van der Waals surface area contributed by atoms with Gasteiger partial charge in [-0.2, -0.15) is 0 Å². The molecule has 0 saturated heterocycles. The van der Waals surface area contributed by atoms with Crippen LogP contribution in [0.5, 0.6) is 0 Å². The Balaban J connectivity index is 1.68. The van der Waals surface area contributed by atoms with Crippen molar-refractivity contribution < 1.29 is 9.53 Å². The van der Waals surface area contributed by atoms with Crippen LogP contribution >= 0.6 is 0 Å². The number of para-hydroxylation sites is 1. The predicted molar refractivity (Wildman–Crippen MR) is 93.8 cm³/mol. The number of ether oxygens (including phenoxy) is 1. The van der Waals surface area contributed by atoms with E-state index in [4.69, 9.17) is 4.74 Å². The third kappa shape index (κ3) is 5.75. The summed E-state index contributed by atoms with van der Waals surface area (Å²) < 4.78 is 5.26. The molecule has 3 N–H and O–H groups in total. The molecule has 1 aliphatic heterocycles. The zero-order valence-corrected chi connectivity index (χ0v) is 14.7. The molecule has 128 valence electrons. The van der Waals surface area contributed by atoms with Gasteiger partial charge in [0.2, 0.25) is 0 Å². The Hall–Kier alpha value is -1.75. The fourth-order valence-corrected chi connectivity index (χ4v) is 2.68. The summed E-state index contributed by atoms with van der Waals surface area (Å²) in [5.41, 5.74) is 3.56. The van der Waals surface area contributed by atoms with Gasteiger partial charge >= 0.3 is 6.09 Å². The summed E-state index contributed by atoms with van der Waals surface area (Å²) in [5.74, 6) is 0. The standard InChI is InChI=1S/C18H29N3O2/c1-13(21-17(22)23-18(2,3)4)8-10-19-12-15-7-5-6-14-9-11-20-16(14)15/h5-7,13,19-20H,8-12H2,1-4H3,(H,21,22). The first-order valence-corrected chi connectivity index (χ1v) is 8.40. The van der Waals surface area contributed by atoms with Crippen molar-refractivity contribution in [1.29, 1.82) is 0 Å². The molecule has 0 bridgehead atoms. The van der Waals surface area contributed by atoms with Gasteiger partial charge in [0, 0.05) is 24.8 Å². The highest BCUT2D eigenvalue weighted by Crippen LogP contribution is 2.26. The lowest BCUT2D eigenvalue weighted by Gasteiger charge is -2.22. The lowest BCUT2D eigenvalue weighted by molar-refractivity contribution is 0.0506. The number of benzene rings is 1. The molecule has 1 heterocycles. The van der Waals surface area contributed by atoms with E-state index in [0.29, 0.717) is 0 Å². The zero-order chi connectivity index (χ0) is 16.9. The molecule has 23 heavy (non-hydrogen) atoms. The molecule has 0 saturated carbocycles. The Bertz CT molecular complexity index is 538. The molecule has 0 aromatic heterocycles. The zero-order valence-electron chi connectivity index (χ0n) is 14.7. The third-order valence-corrected chi connectivity index (χ3v) is 3.77. The van der Waals surface area contributed by atoms with Gasteiger partial charge in [-0.3, -0.25) is 0 Å². The maximum atomic E-state index is 11.7. The van der Waals surface area contributed by atoms with Crippen molar-refractivity contribution in [3.05, 3.63) is 29.3 Å². The maximum Gasteiger partial charge on any atom is 0.407 e. The summed E-state index contributed by atoms with van der Waals surface area (Å²) in [4.78, 5) is 11.7. The van der Waals surface area contributed by atoms with Gasteiger partial charge in [-0.15, -0.1) is 0 Å². The fourth-order valence-electron chi connectivity index (χ4n) is 2.68. The third-order valence-electron chi connectivity index (χ3n) is 3.77. The largest absolute Gasteiger partial charge is 0.444 e. The average Bonchev–Trinajstić information content (AvgIpc) is 2.90. The molecule has 5 nitrogen and oxygen atoms in total. The van der Waals surface area contributed by atoms with Crippen LogP contribution in [0, 0.1) is 0 Å². The summed E-state index contributed by atoms with van der Waals surface area (Å²) in [7, 11) is 0. The predicted octanol–water partition coefficient (Wildman–Crippen LogP) is 3.05. The number of alkyl carbamates (subject to hydrolysis) is 1. The topological polar surface area (TPSA) is 62.4 Å². The second kappa shape index (κ2) is 7.68. The number of hydrogen-bond donors (Lipinski definition) is 3. The molecule has 0 spiro atoms. The highest BCUT2D eigenvalue weighted by atomic mass is 16.6. The smallest absolute Gasteiger partial charge is 0.407 e. The number of anilines is 1. The highest BCUT2D eigenvalue weighted by molar-refractivity contribution is 5.68. The van der Waals surface area contributed by atoms with Gasteiger partial charge in [-0.25, -0.2) is 4.79 Å². The molecular weight excluding hydrogens is 290 g/mol. The minimum atomic E-state index is -0.456. The first-order valence-electron chi connectivity index (χ1n) is 8.40. The van der Waals surface area contributed by atoms with Crippen LogP contribution in [0.15, 0.2) is 18.2 Å². The first-order chi connectivity index (χ1) is 10.8. The molecule has 1 unspecified atom stereocenters. The van der Waals surface area contributed by atoms with E-state index < -0.39 is 5.60 Å². The fraction of sp³-hybridized carbons (Fsp3) is 0.611. The van der Waals surface area contributed by atoms with Gasteiger partial charge in [-0.05, 0) is 58.2 Å². The van der Waals surface area contributed by atoms with E-state index in [9.17, 15) is 4.79 Å². The number of fused-ring (bicyclic) bond motifs is 1. The van der Waals surface area contributed by atoms with Crippen LogP contribution in [0.3, 0.4) is 0 Å². The molecule has 1 amide bonds. The van der Waals surface area contributed by atoms with Crippen LogP contribution in [0.1, 0.15) is 45.2 Å². The Kier molecular flexibility index (Phi) is 5.88. The maximum absolute atomic E-state index is 11.7. The lowest BCUT2D eigenvalue weighted by Crippen LogP contribution is -2.38. The van der Waals surface area contributed by atoms with Gasteiger partial charge in [0.15, 0.2) is 0 Å². The van der Waals surface area contributed by atoms with Crippen LogP contribution in [-0.4, -0.2) is 30.8 Å². The van der Waals surface area contributed by atoms with Crippen molar-refractivity contribution in [3.8, 4) is 0 Å². The highest BCUT2D eigenvalue weighted by Gasteiger charge is 2.17. The molecule has 1 aromatic carbocycles. The summed E-state index contributed by atoms with van der Waals surface area (Å²) in [6, 6.07) is 6.55. The summed E-state index contributed by atoms with van der Waals surface area (Å²) >= 11 is 0. The molecule has 5 heteroatoms. The number of carbonyl (C=O) groups is 1. The van der Waals surface area contributed by atoms with Crippen LogP contribution in [-0.2, 0) is 17.7 Å². The van der Waals surface area contributed by atoms with Gasteiger partial charge in [-0.1, -0.05) is 18.2 Å². The Morgan fingerprint density at radius 1 is 1.39 bits per heavy atom. The van der Waals surface area contributed by atoms with E-state index in [1.165, 1.54) is 16.8 Å². The van der Waals surface area contributed by atoms with Gasteiger partial charge in [0.05, 0.1) is 0 Å². The SMILES string of the molecule is CC(CCNCc1cccc2c1NCC2)NC(=O)OC(C)(C)C. The normalized spacial score (nSPS) is 14.8. The van der Waals surface area contributed by atoms with E-state index in [2.05, 4.69) is 34.1 Å². The number of hydrogen-bond acceptors (Lipinski definition) is 4. The van der Waals surface area contributed by atoms with E-state index in [-0.39, 0.29) is 12.1 Å². The summed E-state index contributed by atoms with van der Waals surface area (Å²) in [5, 5.41) is 9.77. The summed E-state index contributed by atoms with van der Waals surface area (Å²) in [6.07, 6.45) is 1.62. The van der Waals surface area contributed by atoms with E-state index in [0.717, 1.165) is 32.5 Å². The minimum Gasteiger partial charge on any atom is -0.444 e. The van der Waals surface area contributed by atoms with Gasteiger partial charge in [0.25, 0.3) is 0 Å². The van der Waals surface area contributed by atoms with Crippen LogP contribution in [0.2, 0.25) is 0 Å². The Labute approximate surface area is 139 Å². The Morgan fingerprint density at radius 2 is 2.17 bits per heavy atom. The molecule has 2 rings (SSSR count). The van der Waals surface area contributed by atoms with Gasteiger partial charge < -0.3 is 20.7 Å². The monoisotopic (exact) mass is 319 g/mol. The van der Waals surface area contributed by atoms with E-state index in [1.54, 1.807) is 0 Å². The van der Waals surface area contributed by atoms with Gasteiger partial charge in [0.1, 0.15) is 5.60 Å². The number of amides is 1. The molecule has 1 aromatic rings. The molecule has 1 aliphatic rings.